The Labute approximate surface area is 138 Å². The van der Waals surface area contributed by atoms with E-state index in [9.17, 15) is 17.2 Å². The molecule has 1 aliphatic heterocycles. The predicted octanol–water partition coefficient (Wildman–Crippen LogP) is 3.31. The zero-order valence-electron chi connectivity index (χ0n) is 13.0. The minimum atomic E-state index is -3.91. The van der Waals surface area contributed by atoms with Gasteiger partial charge in [-0.1, -0.05) is 23.7 Å². The molecule has 0 spiro atoms. The summed E-state index contributed by atoms with van der Waals surface area (Å²) in [5.41, 5.74) is -1.35. The lowest BCUT2D eigenvalue weighted by Gasteiger charge is -2.18. The van der Waals surface area contributed by atoms with Crippen molar-refractivity contribution in [2.75, 3.05) is 0 Å². The number of oxime groups is 1. The van der Waals surface area contributed by atoms with Gasteiger partial charge in [0.15, 0.2) is 20.0 Å². The van der Waals surface area contributed by atoms with Crippen molar-refractivity contribution < 1.29 is 22.0 Å². The topological polar surface area (TPSA) is 73.5 Å². The second kappa shape index (κ2) is 6.35. The van der Waals surface area contributed by atoms with Gasteiger partial charge in [0.2, 0.25) is 0 Å². The van der Waals surface area contributed by atoms with E-state index in [4.69, 9.17) is 16.4 Å². The van der Waals surface area contributed by atoms with Crippen molar-refractivity contribution in [1.82, 2.24) is 9.78 Å². The standard InChI is InChI=1S/C13H18ClF2N3O3S/c1-4-13(3)6-9(18-22-13)23(20,21)7-8-10(12(15)16)19(5-2)17-11(8)14/h12H,4-7H2,1-3H3. The average Bonchev–Trinajstić information content (AvgIpc) is 3.01. The van der Waals surface area contributed by atoms with Gasteiger partial charge in [-0.3, -0.25) is 4.68 Å². The van der Waals surface area contributed by atoms with E-state index in [1.807, 2.05) is 6.92 Å². The zero-order valence-corrected chi connectivity index (χ0v) is 14.6. The molecular formula is C13H18ClF2N3O3S. The van der Waals surface area contributed by atoms with Gasteiger partial charge in [0, 0.05) is 18.5 Å². The van der Waals surface area contributed by atoms with Crippen molar-refractivity contribution in [3.8, 4) is 0 Å². The van der Waals surface area contributed by atoms with Crippen molar-refractivity contribution >= 4 is 26.5 Å². The lowest BCUT2D eigenvalue weighted by Crippen LogP contribution is -2.26. The Kier molecular flexibility index (Phi) is 5.00. The van der Waals surface area contributed by atoms with Crippen LogP contribution in [0.4, 0.5) is 8.78 Å². The minimum Gasteiger partial charge on any atom is -0.388 e. The summed E-state index contributed by atoms with van der Waals surface area (Å²) >= 11 is 5.87. The van der Waals surface area contributed by atoms with Crippen molar-refractivity contribution in [3.05, 3.63) is 16.4 Å². The predicted molar refractivity (Wildman–Crippen MR) is 82.3 cm³/mol. The molecule has 1 aromatic rings. The molecular weight excluding hydrogens is 352 g/mol. The van der Waals surface area contributed by atoms with E-state index >= 15 is 0 Å². The van der Waals surface area contributed by atoms with Gasteiger partial charge in [-0.2, -0.15) is 5.10 Å². The lowest BCUT2D eigenvalue weighted by molar-refractivity contribution is -0.00605. The Morgan fingerprint density at radius 1 is 1.43 bits per heavy atom. The number of hydrogen-bond donors (Lipinski definition) is 0. The highest BCUT2D eigenvalue weighted by Gasteiger charge is 2.39. The van der Waals surface area contributed by atoms with Crippen LogP contribution in [0.3, 0.4) is 0 Å². The van der Waals surface area contributed by atoms with Gasteiger partial charge in [-0.15, -0.1) is 0 Å². The highest BCUT2D eigenvalue weighted by molar-refractivity contribution is 8.05. The maximum Gasteiger partial charge on any atom is 0.280 e. The largest absolute Gasteiger partial charge is 0.388 e. The van der Waals surface area contributed by atoms with E-state index in [1.165, 1.54) is 0 Å². The monoisotopic (exact) mass is 369 g/mol. The van der Waals surface area contributed by atoms with Crippen LogP contribution in [0.1, 0.15) is 51.3 Å². The first kappa shape index (κ1) is 18.1. The molecule has 1 unspecified atom stereocenters. The van der Waals surface area contributed by atoms with Gasteiger partial charge in [-0.25, -0.2) is 17.2 Å². The third-order valence-electron chi connectivity index (χ3n) is 3.89. The Morgan fingerprint density at radius 3 is 2.57 bits per heavy atom. The molecule has 0 N–H and O–H groups in total. The Balaban J connectivity index is 2.34. The van der Waals surface area contributed by atoms with Gasteiger partial charge >= 0.3 is 0 Å². The Bertz CT molecular complexity index is 733. The quantitative estimate of drug-likeness (QED) is 0.798. The molecule has 0 bridgehead atoms. The molecule has 10 heteroatoms. The molecule has 0 amide bonds. The summed E-state index contributed by atoms with van der Waals surface area (Å²) in [4.78, 5) is 5.17. The SMILES string of the molecule is CCn1nc(Cl)c(CS(=O)(=O)C2=NOC(C)(CC)C2)c1C(F)F. The van der Waals surface area contributed by atoms with Crippen molar-refractivity contribution in [2.24, 2.45) is 5.16 Å². The Hall–Kier alpha value is -1.22. The van der Waals surface area contributed by atoms with Gasteiger partial charge in [-0.05, 0) is 20.3 Å². The first-order valence-electron chi connectivity index (χ1n) is 7.14. The van der Waals surface area contributed by atoms with Crippen LogP contribution < -0.4 is 0 Å². The fourth-order valence-corrected chi connectivity index (χ4v) is 4.12. The third kappa shape index (κ3) is 3.50. The summed E-state index contributed by atoms with van der Waals surface area (Å²) in [6, 6.07) is 0. The van der Waals surface area contributed by atoms with Crippen LogP contribution in [-0.2, 0) is 27.0 Å². The second-order valence-electron chi connectivity index (χ2n) is 5.59. The fraction of sp³-hybridized carbons (Fsp3) is 0.692. The summed E-state index contributed by atoms with van der Waals surface area (Å²) in [6.07, 6.45) is -2.19. The van der Waals surface area contributed by atoms with E-state index in [-0.39, 0.29) is 28.7 Å². The maximum atomic E-state index is 13.2. The molecule has 130 valence electrons. The minimum absolute atomic E-state index is 0.107. The average molecular weight is 370 g/mol. The van der Waals surface area contributed by atoms with Crippen LogP contribution in [0.5, 0.6) is 0 Å². The number of rotatable bonds is 5. The number of sulfone groups is 1. The van der Waals surface area contributed by atoms with E-state index < -0.39 is 33.3 Å². The Morgan fingerprint density at radius 2 is 2.09 bits per heavy atom. The van der Waals surface area contributed by atoms with E-state index in [2.05, 4.69) is 10.3 Å². The van der Waals surface area contributed by atoms with E-state index in [1.54, 1.807) is 13.8 Å². The van der Waals surface area contributed by atoms with Crippen LogP contribution in [0.2, 0.25) is 5.15 Å². The molecule has 1 aromatic heterocycles. The van der Waals surface area contributed by atoms with Gasteiger partial charge in [0.25, 0.3) is 6.43 Å². The third-order valence-corrected chi connectivity index (χ3v) is 5.79. The van der Waals surface area contributed by atoms with E-state index in [0.717, 1.165) is 4.68 Å². The van der Waals surface area contributed by atoms with Crippen molar-refractivity contribution in [1.29, 1.82) is 0 Å². The fourth-order valence-electron chi connectivity index (χ4n) is 2.28. The molecule has 2 heterocycles. The lowest BCUT2D eigenvalue weighted by atomic mass is 10.0. The second-order valence-corrected chi connectivity index (χ2v) is 7.93. The van der Waals surface area contributed by atoms with E-state index in [0.29, 0.717) is 6.42 Å². The number of aromatic nitrogens is 2. The molecule has 0 aromatic carbocycles. The summed E-state index contributed by atoms with van der Waals surface area (Å²) < 4.78 is 52.5. The molecule has 2 rings (SSSR count). The summed E-state index contributed by atoms with van der Waals surface area (Å²) in [7, 11) is -3.91. The zero-order chi connectivity index (χ0) is 17.4. The molecule has 23 heavy (non-hydrogen) atoms. The van der Waals surface area contributed by atoms with Crippen LogP contribution in [0.15, 0.2) is 5.16 Å². The van der Waals surface area contributed by atoms with Gasteiger partial charge in [0.1, 0.15) is 11.3 Å². The smallest absolute Gasteiger partial charge is 0.280 e. The first-order valence-corrected chi connectivity index (χ1v) is 9.17. The molecule has 1 atom stereocenters. The molecule has 0 aliphatic carbocycles. The molecule has 0 saturated carbocycles. The number of halogens is 3. The molecule has 0 fully saturated rings. The van der Waals surface area contributed by atoms with Crippen LogP contribution >= 0.6 is 11.6 Å². The van der Waals surface area contributed by atoms with Gasteiger partial charge < -0.3 is 4.84 Å². The highest BCUT2D eigenvalue weighted by Crippen LogP contribution is 2.33. The molecule has 0 saturated heterocycles. The van der Waals surface area contributed by atoms with Crippen LogP contribution in [-0.4, -0.2) is 28.8 Å². The number of nitrogens with zero attached hydrogens (tertiary/aromatic N) is 3. The summed E-state index contributed by atoms with van der Waals surface area (Å²) in [5, 5.41) is 7.02. The molecule has 6 nitrogen and oxygen atoms in total. The van der Waals surface area contributed by atoms with Gasteiger partial charge in [0.05, 0.1) is 5.75 Å². The number of hydrogen-bond acceptors (Lipinski definition) is 5. The van der Waals surface area contributed by atoms with Crippen molar-refractivity contribution in [3.63, 3.8) is 0 Å². The highest BCUT2D eigenvalue weighted by atomic mass is 35.5. The molecule has 1 aliphatic rings. The maximum absolute atomic E-state index is 13.2. The number of alkyl halides is 2. The van der Waals surface area contributed by atoms with Crippen molar-refractivity contribution in [2.45, 2.75) is 57.9 Å². The summed E-state index contributed by atoms with van der Waals surface area (Å²) in [6.45, 7) is 5.38. The molecule has 0 radical (unpaired) electrons. The first-order chi connectivity index (χ1) is 10.6. The van der Waals surface area contributed by atoms with Crippen LogP contribution in [0, 0.1) is 0 Å². The number of aryl methyl sites for hydroxylation is 1. The normalized spacial score (nSPS) is 21.6. The summed E-state index contributed by atoms with van der Waals surface area (Å²) in [5.74, 6) is -0.673. The van der Waals surface area contributed by atoms with Crippen LogP contribution in [0.25, 0.3) is 0 Å².